The normalized spacial score (nSPS) is 26.9. The van der Waals surface area contributed by atoms with Gasteiger partial charge < -0.3 is 14.5 Å². The zero-order valence-corrected chi connectivity index (χ0v) is 13.4. The number of furan rings is 1. The fraction of sp³-hybridized carbons (Fsp3) is 0.765. The summed E-state index contributed by atoms with van der Waals surface area (Å²) in [5, 5.41) is 3.29. The van der Waals surface area contributed by atoms with Crippen LogP contribution in [0.4, 0.5) is 0 Å². The first-order chi connectivity index (χ1) is 9.58. The van der Waals surface area contributed by atoms with E-state index in [-0.39, 0.29) is 0 Å². The second kappa shape index (κ2) is 7.28. The van der Waals surface area contributed by atoms with Crippen molar-refractivity contribution in [2.45, 2.75) is 66.2 Å². The van der Waals surface area contributed by atoms with Gasteiger partial charge in [0, 0.05) is 5.56 Å². The molecule has 1 aliphatic rings. The molecule has 2 rings (SSSR count). The smallest absolute Gasteiger partial charge is 0.118 e. The molecule has 0 radical (unpaired) electrons. The fourth-order valence-corrected chi connectivity index (χ4v) is 3.28. The molecule has 1 heterocycles. The van der Waals surface area contributed by atoms with Crippen LogP contribution in [0.2, 0.25) is 0 Å². The van der Waals surface area contributed by atoms with Crippen LogP contribution in [0.15, 0.2) is 10.5 Å². The topological polar surface area (TPSA) is 34.4 Å². The largest absolute Gasteiger partial charge is 0.465 e. The highest BCUT2D eigenvalue weighted by atomic mass is 16.5. The Morgan fingerprint density at radius 1 is 1.25 bits per heavy atom. The molecule has 1 aliphatic carbocycles. The second-order valence-corrected chi connectivity index (χ2v) is 6.42. The molecule has 1 aromatic rings. The van der Waals surface area contributed by atoms with Gasteiger partial charge in [0.1, 0.15) is 11.5 Å². The minimum atomic E-state index is 0.417. The van der Waals surface area contributed by atoms with Crippen LogP contribution in [-0.2, 0) is 17.9 Å². The minimum absolute atomic E-state index is 0.417. The maximum absolute atomic E-state index is 6.13. The quantitative estimate of drug-likeness (QED) is 0.853. The van der Waals surface area contributed by atoms with Gasteiger partial charge in [0.25, 0.3) is 0 Å². The van der Waals surface area contributed by atoms with Crippen molar-refractivity contribution in [3.63, 3.8) is 0 Å². The van der Waals surface area contributed by atoms with Gasteiger partial charge in [0.2, 0.25) is 0 Å². The third kappa shape index (κ3) is 4.35. The third-order valence-corrected chi connectivity index (χ3v) is 4.23. The van der Waals surface area contributed by atoms with Crippen LogP contribution in [0.25, 0.3) is 0 Å². The Kier molecular flexibility index (Phi) is 5.67. The lowest BCUT2D eigenvalue weighted by molar-refractivity contribution is -0.00954. The molecule has 1 fully saturated rings. The molecule has 0 aromatic carbocycles. The molecule has 0 spiro atoms. The van der Waals surface area contributed by atoms with Gasteiger partial charge in [-0.2, -0.15) is 0 Å². The summed E-state index contributed by atoms with van der Waals surface area (Å²) in [6, 6.07) is 2.13. The Morgan fingerprint density at radius 3 is 2.60 bits per heavy atom. The molecule has 1 saturated carbocycles. The number of ether oxygens (including phenoxy) is 1. The molecule has 0 amide bonds. The highest BCUT2D eigenvalue weighted by Gasteiger charge is 2.24. The fourth-order valence-electron chi connectivity index (χ4n) is 3.28. The Balaban J connectivity index is 1.85. The second-order valence-electron chi connectivity index (χ2n) is 6.42. The number of rotatable bonds is 6. The van der Waals surface area contributed by atoms with Crippen LogP contribution in [-0.4, -0.2) is 12.6 Å². The first-order valence-electron chi connectivity index (χ1n) is 7.99. The van der Waals surface area contributed by atoms with Crippen LogP contribution in [0.5, 0.6) is 0 Å². The van der Waals surface area contributed by atoms with Crippen molar-refractivity contribution >= 4 is 0 Å². The number of nitrogens with one attached hydrogen (secondary N) is 1. The molecule has 3 heteroatoms. The summed E-state index contributed by atoms with van der Waals surface area (Å²) in [5.41, 5.74) is 1.20. The molecule has 20 heavy (non-hydrogen) atoms. The molecule has 1 N–H and O–H groups in total. The molecule has 1 aromatic heterocycles. The van der Waals surface area contributed by atoms with Gasteiger partial charge in [-0.1, -0.05) is 20.8 Å². The van der Waals surface area contributed by atoms with Crippen molar-refractivity contribution in [2.24, 2.45) is 11.8 Å². The Labute approximate surface area is 123 Å². The van der Waals surface area contributed by atoms with E-state index in [9.17, 15) is 0 Å². The van der Waals surface area contributed by atoms with Crippen LogP contribution in [0.1, 0.15) is 57.1 Å². The maximum atomic E-state index is 6.13. The van der Waals surface area contributed by atoms with Gasteiger partial charge in [-0.3, -0.25) is 0 Å². The van der Waals surface area contributed by atoms with Crippen LogP contribution < -0.4 is 5.32 Å². The van der Waals surface area contributed by atoms with Crippen LogP contribution in [0, 0.1) is 18.8 Å². The summed E-state index contributed by atoms with van der Waals surface area (Å²) in [6.45, 7) is 11.3. The Hall–Kier alpha value is -0.800. The number of hydrogen-bond donors (Lipinski definition) is 1. The van der Waals surface area contributed by atoms with Crippen molar-refractivity contribution in [2.75, 3.05) is 6.54 Å². The monoisotopic (exact) mass is 279 g/mol. The van der Waals surface area contributed by atoms with E-state index in [2.05, 4.69) is 32.2 Å². The molecular formula is C17H29NO2. The van der Waals surface area contributed by atoms with Gasteiger partial charge >= 0.3 is 0 Å². The van der Waals surface area contributed by atoms with Gasteiger partial charge in [-0.25, -0.2) is 0 Å². The lowest BCUT2D eigenvalue weighted by Gasteiger charge is -2.31. The van der Waals surface area contributed by atoms with Crippen LogP contribution in [0.3, 0.4) is 0 Å². The van der Waals surface area contributed by atoms with E-state index >= 15 is 0 Å². The lowest BCUT2D eigenvalue weighted by atomic mass is 9.82. The van der Waals surface area contributed by atoms with Gasteiger partial charge in [-0.15, -0.1) is 0 Å². The highest BCUT2D eigenvalue weighted by Crippen LogP contribution is 2.31. The summed E-state index contributed by atoms with van der Waals surface area (Å²) in [7, 11) is 0. The Morgan fingerprint density at radius 2 is 1.95 bits per heavy atom. The van der Waals surface area contributed by atoms with E-state index in [0.717, 1.165) is 36.4 Å². The highest BCUT2D eigenvalue weighted by molar-refractivity contribution is 5.20. The van der Waals surface area contributed by atoms with Crippen molar-refractivity contribution < 1.29 is 9.15 Å². The van der Waals surface area contributed by atoms with Gasteiger partial charge in [-0.05, 0) is 50.6 Å². The van der Waals surface area contributed by atoms with E-state index in [0.29, 0.717) is 12.7 Å². The van der Waals surface area contributed by atoms with Crippen molar-refractivity contribution in [3.8, 4) is 0 Å². The standard InChI is InChI=1S/C17H29NO2/c1-5-18-10-17-9-15(14(4)20-17)11-19-16-7-12(2)6-13(3)8-16/h9,12-13,16,18H,5-8,10-11H2,1-4H3. The summed E-state index contributed by atoms with van der Waals surface area (Å²) in [5.74, 6) is 3.58. The third-order valence-electron chi connectivity index (χ3n) is 4.23. The molecule has 0 saturated heterocycles. The molecule has 0 bridgehead atoms. The zero-order chi connectivity index (χ0) is 14.5. The van der Waals surface area contributed by atoms with Crippen molar-refractivity contribution in [1.82, 2.24) is 5.32 Å². The summed E-state index contributed by atoms with van der Waals surface area (Å²) in [6.07, 6.45) is 4.16. The van der Waals surface area contributed by atoms with E-state index in [1.807, 2.05) is 6.92 Å². The van der Waals surface area contributed by atoms with E-state index in [1.165, 1.54) is 24.8 Å². The van der Waals surface area contributed by atoms with Gasteiger partial charge in [0.15, 0.2) is 0 Å². The molecule has 2 atom stereocenters. The number of aryl methyl sites for hydroxylation is 1. The van der Waals surface area contributed by atoms with Crippen molar-refractivity contribution in [1.29, 1.82) is 0 Å². The van der Waals surface area contributed by atoms with E-state index in [4.69, 9.17) is 9.15 Å². The first kappa shape index (κ1) is 15.6. The Bertz CT molecular complexity index is 403. The predicted molar refractivity (Wildman–Crippen MR) is 81.6 cm³/mol. The van der Waals surface area contributed by atoms with Crippen LogP contribution >= 0.6 is 0 Å². The molecule has 0 aliphatic heterocycles. The molecule has 3 nitrogen and oxygen atoms in total. The first-order valence-corrected chi connectivity index (χ1v) is 7.99. The minimum Gasteiger partial charge on any atom is -0.465 e. The predicted octanol–water partition coefficient (Wildman–Crippen LogP) is 4.04. The van der Waals surface area contributed by atoms with E-state index < -0.39 is 0 Å². The SMILES string of the molecule is CCNCc1cc(COC2CC(C)CC(C)C2)c(C)o1. The molecular weight excluding hydrogens is 250 g/mol. The average Bonchev–Trinajstić information content (AvgIpc) is 2.73. The van der Waals surface area contributed by atoms with Gasteiger partial charge in [0.05, 0.1) is 19.3 Å². The van der Waals surface area contributed by atoms with Crippen molar-refractivity contribution in [3.05, 3.63) is 23.2 Å². The number of hydrogen-bond acceptors (Lipinski definition) is 3. The summed E-state index contributed by atoms with van der Waals surface area (Å²) < 4.78 is 11.9. The molecule has 114 valence electrons. The average molecular weight is 279 g/mol. The summed E-state index contributed by atoms with van der Waals surface area (Å²) >= 11 is 0. The van der Waals surface area contributed by atoms with E-state index in [1.54, 1.807) is 0 Å². The summed E-state index contributed by atoms with van der Waals surface area (Å²) in [4.78, 5) is 0. The zero-order valence-electron chi connectivity index (χ0n) is 13.4. The maximum Gasteiger partial charge on any atom is 0.118 e. The lowest BCUT2D eigenvalue weighted by Crippen LogP contribution is -2.26. The molecule has 2 unspecified atom stereocenters.